The minimum Gasteiger partial charge on any atom is -0.318 e. The fourth-order valence-electron chi connectivity index (χ4n) is 1.55. The maximum atomic E-state index is 6.15. The lowest BCUT2D eigenvalue weighted by molar-refractivity contribution is 0.653. The van der Waals surface area contributed by atoms with Crippen LogP contribution in [0.2, 0.25) is 0 Å². The first-order valence-corrected chi connectivity index (χ1v) is 5.45. The molecule has 1 atom stereocenters. The van der Waals surface area contributed by atoms with E-state index in [2.05, 4.69) is 15.3 Å². The van der Waals surface area contributed by atoms with Gasteiger partial charge in [0.2, 0.25) is 0 Å². The van der Waals surface area contributed by atoms with Crippen molar-refractivity contribution in [3.05, 3.63) is 27.5 Å². The quantitative estimate of drug-likeness (QED) is 0.822. The maximum absolute atomic E-state index is 6.15. The first kappa shape index (κ1) is 10.3. The Morgan fingerprint density at radius 1 is 1.47 bits per heavy atom. The van der Waals surface area contributed by atoms with Gasteiger partial charge in [0.25, 0.3) is 0 Å². The maximum Gasteiger partial charge on any atom is 0.0900 e. The van der Waals surface area contributed by atoms with Gasteiger partial charge in [0.15, 0.2) is 0 Å². The average Bonchev–Trinajstić information content (AvgIpc) is 2.71. The molecule has 80 valence electrons. The fourth-order valence-corrected chi connectivity index (χ4v) is 2.49. The zero-order chi connectivity index (χ0) is 11.0. The van der Waals surface area contributed by atoms with Crippen LogP contribution < -0.4 is 5.73 Å². The highest BCUT2D eigenvalue weighted by Gasteiger charge is 2.18. The Kier molecular flexibility index (Phi) is 2.54. The SMILES string of the molecule is Cc1nc(C)c(C(N)c2cnnn2C)s1. The third-order valence-corrected chi connectivity index (χ3v) is 3.45. The molecule has 1 unspecified atom stereocenters. The number of hydrogen-bond donors (Lipinski definition) is 1. The molecule has 0 saturated heterocycles. The van der Waals surface area contributed by atoms with Gasteiger partial charge in [0.1, 0.15) is 0 Å². The van der Waals surface area contributed by atoms with E-state index < -0.39 is 0 Å². The van der Waals surface area contributed by atoms with Crippen LogP contribution in [-0.2, 0) is 7.05 Å². The number of hydrogen-bond acceptors (Lipinski definition) is 5. The number of aromatic nitrogens is 4. The molecule has 0 aliphatic carbocycles. The molecule has 0 amide bonds. The number of thiazole rings is 1. The normalized spacial score (nSPS) is 13.1. The highest BCUT2D eigenvalue weighted by Crippen LogP contribution is 2.27. The van der Waals surface area contributed by atoms with E-state index in [-0.39, 0.29) is 6.04 Å². The van der Waals surface area contributed by atoms with Crippen molar-refractivity contribution in [1.29, 1.82) is 0 Å². The van der Waals surface area contributed by atoms with Crippen molar-refractivity contribution in [3.8, 4) is 0 Å². The third-order valence-electron chi connectivity index (χ3n) is 2.29. The molecule has 2 N–H and O–H groups in total. The molecular formula is C9H13N5S. The van der Waals surface area contributed by atoms with E-state index >= 15 is 0 Å². The molecule has 0 spiro atoms. The van der Waals surface area contributed by atoms with Crippen molar-refractivity contribution in [2.45, 2.75) is 19.9 Å². The highest BCUT2D eigenvalue weighted by atomic mass is 32.1. The summed E-state index contributed by atoms with van der Waals surface area (Å²) < 4.78 is 1.69. The lowest BCUT2D eigenvalue weighted by Crippen LogP contribution is -2.15. The molecule has 0 aromatic carbocycles. The van der Waals surface area contributed by atoms with E-state index in [1.807, 2.05) is 20.9 Å². The van der Waals surface area contributed by atoms with E-state index in [1.165, 1.54) is 0 Å². The number of nitrogens with zero attached hydrogens (tertiary/aromatic N) is 4. The van der Waals surface area contributed by atoms with E-state index in [4.69, 9.17) is 5.73 Å². The Bertz CT molecular complexity index is 473. The molecule has 5 nitrogen and oxygen atoms in total. The summed E-state index contributed by atoms with van der Waals surface area (Å²) in [5.74, 6) is 0. The first-order chi connectivity index (χ1) is 7.09. The van der Waals surface area contributed by atoms with Crippen molar-refractivity contribution in [1.82, 2.24) is 20.0 Å². The van der Waals surface area contributed by atoms with Crippen LogP contribution in [0.15, 0.2) is 6.20 Å². The van der Waals surface area contributed by atoms with Gasteiger partial charge >= 0.3 is 0 Å². The molecule has 0 saturated carbocycles. The summed E-state index contributed by atoms with van der Waals surface area (Å²) in [7, 11) is 1.84. The van der Waals surface area contributed by atoms with Crippen LogP contribution in [0, 0.1) is 13.8 Å². The minimum atomic E-state index is -0.184. The second-order valence-electron chi connectivity index (χ2n) is 3.44. The third kappa shape index (κ3) is 1.78. The number of aryl methyl sites for hydroxylation is 3. The van der Waals surface area contributed by atoms with Crippen LogP contribution in [0.5, 0.6) is 0 Å². The molecule has 0 aliphatic heterocycles. The van der Waals surface area contributed by atoms with Gasteiger partial charge in [0, 0.05) is 7.05 Å². The van der Waals surface area contributed by atoms with Gasteiger partial charge < -0.3 is 5.73 Å². The molecule has 15 heavy (non-hydrogen) atoms. The fraction of sp³-hybridized carbons (Fsp3) is 0.444. The van der Waals surface area contributed by atoms with Crippen LogP contribution >= 0.6 is 11.3 Å². The van der Waals surface area contributed by atoms with Gasteiger partial charge in [-0.15, -0.1) is 16.4 Å². The summed E-state index contributed by atoms with van der Waals surface area (Å²) >= 11 is 1.62. The smallest absolute Gasteiger partial charge is 0.0900 e. The molecule has 2 aromatic heterocycles. The molecule has 2 heterocycles. The van der Waals surface area contributed by atoms with Crippen molar-refractivity contribution < 1.29 is 0 Å². The Labute approximate surface area is 91.9 Å². The minimum absolute atomic E-state index is 0.184. The van der Waals surface area contributed by atoms with Crippen molar-refractivity contribution in [3.63, 3.8) is 0 Å². The molecule has 6 heteroatoms. The van der Waals surface area contributed by atoms with Gasteiger partial charge in [0.05, 0.1) is 33.5 Å². The predicted octanol–water partition coefficient (Wildman–Crippen LogP) is 0.937. The molecule has 0 aliphatic rings. The zero-order valence-electron chi connectivity index (χ0n) is 8.93. The van der Waals surface area contributed by atoms with Gasteiger partial charge in [-0.05, 0) is 13.8 Å². The van der Waals surface area contributed by atoms with Gasteiger partial charge in [-0.25, -0.2) is 4.98 Å². The Balaban J connectivity index is 2.40. The number of nitrogens with two attached hydrogens (primary N) is 1. The Morgan fingerprint density at radius 3 is 2.67 bits per heavy atom. The van der Waals surface area contributed by atoms with Crippen molar-refractivity contribution in [2.75, 3.05) is 0 Å². The van der Waals surface area contributed by atoms with Crippen LogP contribution in [0.1, 0.15) is 27.3 Å². The molecule has 0 radical (unpaired) electrons. The van der Waals surface area contributed by atoms with E-state index in [0.29, 0.717) is 0 Å². The summed E-state index contributed by atoms with van der Waals surface area (Å²) in [5.41, 5.74) is 8.04. The molecule has 2 aromatic rings. The average molecular weight is 223 g/mol. The topological polar surface area (TPSA) is 69.6 Å². The molecule has 0 fully saturated rings. The van der Waals surface area contributed by atoms with E-state index in [1.54, 1.807) is 22.2 Å². The van der Waals surface area contributed by atoms with E-state index in [9.17, 15) is 0 Å². The summed E-state index contributed by atoms with van der Waals surface area (Å²) in [4.78, 5) is 5.44. The van der Waals surface area contributed by atoms with Crippen LogP contribution in [-0.4, -0.2) is 20.0 Å². The standard InChI is InChI=1S/C9H13N5S/c1-5-9(15-6(2)12-5)8(10)7-4-11-13-14(7)3/h4,8H,10H2,1-3H3. The van der Waals surface area contributed by atoms with Gasteiger partial charge in [-0.1, -0.05) is 5.21 Å². The van der Waals surface area contributed by atoms with E-state index in [0.717, 1.165) is 21.3 Å². The summed E-state index contributed by atoms with van der Waals surface area (Å²) in [6.07, 6.45) is 1.69. The summed E-state index contributed by atoms with van der Waals surface area (Å²) in [5, 5.41) is 8.73. The zero-order valence-corrected chi connectivity index (χ0v) is 9.75. The van der Waals surface area contributed by atoms with Gasteiger partial charge in [-0.3, -0.25) is 4.68 Å². The molecular weight excluding hydrogens is 210 g/mol. The largest absolute Gasteiger partial charge is 0.318 e. The highest BCUT2D eigenvalue weighted by molar-refractivity contribution is 7.11. The van der Waals surface area contributed by atoms with Crippen LogP contribution in [0.3, 0.4) is 0 Å². The summed E-state index contributed by atoms with van der Waals surface area (Å²) in [6, 6.07) is -0.184. The first-order valence-electron chi connectivity index (χ1n) is 4.63. The van der Waals surface area contributed by atoms with Gasteiger partial charge in [-0.2, -0.15) is 0 Å². The molecule has 0 bridgehead atoms. The Hall–Kier alpha value is -1.27. The lowest BCUT2D eigenvalue weighted by atomic mass is 10.2. The van der Waals surface area contributed by atoms with Crippen LogP contribution in [0.4, 0.5) is 0 Å². The second-order valence-corrected chi connectivity index (χ2v) is 4.68. The second kappa shape index (κ2) is 3.71. The summed E-state index contributed by atoms with van der Waals surface area (Å²) in [6.45, 7) is 3.96. The molecule has 2 rings (SSSR count). The predicted molar refractivity (Wildman–Crippen MR) is 58.6 cm³/mol. The monoisotopic (exact) mass is 223 g/mol. The Morgan fingerprint density at radius 2 is 2.20 bits per heavy atom. The van der Waals surface area contributed by atoms with Crippen molar-refractivity contribution in [2.24, 2.45) is 12.8 Å². The van der Waals surface area contributed by atoms with Crippen molar-refractivity contribution >= 4 is 11.3 Å². The van der Waals surface area contributed by atoms with Crippen LogP contribution in [0.25, 0.3) is 0 Å². The lowest BCUT2D eigenvalue weighted by Gasteiger charge is -2.09. The number of rotatable bonds is 2.